The van der Waals surface area contributed by atoms with Crippen LogP contribution in [0.5, 0.6) is 5.75 Å². The van der Waals surface area contributed by atoms with Crippen LogP contribution in [0, 0.1) is 5.41 Å². The van der Waals surface area contributed by atoms with Crippen molar-refractivity contribution in [3.8, 4) is 5.75 Å². The first-order valence-electron chi connectivity index (χ1n) is 7.28. The van der Waals surface area contributed by atoms with Crippen LogP contribution in [0.1, 0.15) is 19.3 Å². The average molecular weight is 326 g/mol. The smallest absolute Gasteiger partial charge is 0.221 e. The van der Waals surface area contributed by atoms with Gasteiger partial charge in [0.1, 0.15) is 5.75 Å². The minimum absolute atomic E-state index is 0.0236. The summed E-state index contributed by atoms with van der Waals surface area (Å²) in [6.07, 6.45) is 3.27. The zero-order valence-electron chi connectivity index (χ0n) is 12.7. The van der Waals surface area contributed by atoms with Gasteiger partial charge in [0.2, 0.25) is 15.9 Å². The molecule has 0 unspecified atom stereocenters. The number of sulfonamides is 1. The van der Waals surface area contributed by atoms with E-state index in [2.05, 4.69) is 10.0 Å². The normalized spacial score (nSPS) is 16.0. The molecule has 0 aromatic heterocycles. The molecule has 0 atom stereocenters. The summed E-state index contributed by atoms with van der Waals surface area (Å²) in [5.41, 5.74) is 0.0236. The number of hydrogen-bond donors (Lipinski definition) is 2. The number of para-hydroxylation sites is 1. The molecule has 22 heavy (non-hydrogen) atoms. The van der Waals surface area contributed by atoms with Crippen molar-refractivity contribution in [3.63, 3.8) is 0 Å². The molecule has 0 heterocycles. The van der Waals surface area contributed by atoms with Crippen LogP contribution in [-0.2, 0) is 14.8 Å². The van der Waals surface area contributed by atoms with Crippen LogP contribution < -0.4 is 14.8 Å². The fraction of sp³-hybridized carbons (Fsp3) is 0.533. The maximum atomic E-state index is 11.7. The minimum atomic E-state index is -3.24. The molecular formula is C15H22N2O4S. The molecule has 1 aromatic carbocycles. The van der Waals surface area contributed by atoms with Crippen molar-refractivity contribution in [2.24, 2.45) is 5.41 Å². The van der Waals surface area contributed by atoms with E-state index >= 15 is 0 Å². The Kier molecular flexibility index (Phi) is 5.42. The van der Waals surface area contributed by atoms with E-state index in [1.54, 1.807) is 0 Å². The van der Waals surface area contributed by atoms with Gasteiger partial charge in [0.05, 0.1) is 12.9 Å². The van der Waals surface area contributed by atoms with Crippen molar-refractivity contribution in [2.75, 3.05) is 26.0 Å². The Morgan fingerprint density at radius 3 is 2.55 bits per heavy atom. The molecule has 7 heteroatoms. The molecule has 0 aliphatic heterocycles. The number of carbonyl (C=O) groups excluding carboxylic acids is 1. The molecular weight excluding hydrogens is 304 g/mol. The van der Waals surface area contributed by atoms with Gasteiger partial charge >= 0.3 is 0 Å². The van der Waals surface area contributed by atoms with Crippen LogP contribution >= 0.6 is 0 Å². The lowest BCUT2D eigenvalue weighted by Gasteiger charge is -2.17. The van der Waals surface area contributed by atoms with Gasteiger partial charge in [-0.05, 0) is 25.0 Å². The van der Waals surface area contributed by atoms with Crippen molar-refractivity contribution in [2.45, 2.75) is 19.3 Å². The largest absolute Gasteiger partial charge is 0.493 e. The Morgan fingerprint density at radius 1 is 1.27 bits per heavy atom. The van der Waals surface area contributed by atoms with Crippen LogP contribution in [0.25, 0.3) is 0 Å². The van der Waals surface area contributed by atoms with Gasteiger partial charge in [-0.25, -0.2) is 13.1 Å². The quantitative estimate of drug-likeness (QED) is 0.706. The standard InChI is InChI=1S/C15H22N2O4S/c1-22(19,20)17-10-7-14(18)16-11-15(8-9-15)12-21-13-5-3-2-4-6-13/h2-6,17H,7-12H2,1H3,(H,16,18). The van der Waals surface area contributed by atoms with E-state index in [4.69, 9.17) is 4.74 Å². The van der Waals surface area contributed by atoms with Crippen molar-refractivity contribution in [1.82, 2.24) is 10.0 Å². The second kappa shape index (κ2) is 7.11. The van der Waals surface area contributed by atoms with E-state index < -0.39 is 10.0 Å². The first-order valence-corrected chi connectivity index (χ1v) is 9.17. The topological polar surface area (TPSA) is 84.5 Å². The monoisotopic (exact) mass is 326 g/mol. The Morgan fingerprint density at radius 2 is 1.95 bits per heavy atom. The van der Waals surface area contributed by atoms with Crippen molar-refractivity contribution in [3.05, 3.63) is 30.3 Å². The van der Waals surface area contributed by atoms with Gasteiger partial charge in [0.25, 0.3) is 0 Å². The average Bonchev–Trinajstić information content (AvgIpc) is 3.24. The first kappa shape index (κ1) is 16.8. The number of amides is 1. The zero-order chi connectivity index (χ0) is 16.1. The number of benzene rings is 1. The number of hydrogen-bond acceptors (Lipinski definition) is 4. The molecule has 1 fully saturated rings. The van der Waals surface area contributed by atoms with Gasteiger partial charge in [-0.15, -0.1) is 0 Å². The Hall–Kier alpha value is -1.60. The summed E-state index contributed by atoms with van der Waals surface area (Å²) in [5, 5.41) is 2.85. The third-order valence-corrected chi connectivity index (χ3v) is 4.35. The fourth-order valence-electron chi connectivity index (χ4n) is 2.03. The fourth-order valence-corrected chi connectivity index (χ4v) is 2.50. The zero-order valence-corrected chi connectivity index (χ0v) is 13.5. The van der Waals surface area contributed by atoms with E-state index in [1.807, 2.05) is 30.3 Å². The van der Waals surface area contributed by atoms with Crippen LogP contribution in [0.3, 0.4) is 0 Å². The lowest BCUT2D eigenvalue weighted by Crippen LogP contribution is -2.35. The molecule has 0 radical (unpaired) electrons. The molecule has 1 aliphatic carbocycles. The predicted molar refractivity (Wildman–Crippen MR) is 84.1 cm³/mol. The maximum absolute atomic E-state index is 11.7. The van der Waals surface area contributed by atoms with E-state index in [1.165, 1.54) is 0 Å². The first-order chi connectivity index (χ1) is 10.4. The third-order valence-electron chi connectivity index (χ3n) is 3.62. The van der Waals surface area contributed by atoms with Crippen LogP contribution in [0.4, 0.5) is 0 Å². The maximum Gasteiger partial charge on any atom is 0.221 e. The predicted octanol–water partition coefficient (Wildman–Crippen LogP) is 0.901. The second-order valence-electron chi connectivity index (χ2n) is 5.79. The summed E-state index contributed by atoms with van der Waals surface area (Å²) >= 11 is 0. The van der Waals surface area contributed by atoms with Crippen molar-refractivity contribution < 1.29 is 17.9 Å². The molecule has 2 rings (SSSR count). The minimum Gasteiger partial charge on any atom is -0.493 e. The van der Waals surface area contributed by atoms with E-state index in [9.17, 15) is 13.2 Å². The lowest BCUT2D eigenvalue weighted by molar-refractivity contribution is -0.121. The summed E-state index contributed by atoms with van der Waals surface area (Å²) in [6, 6.07) is 9.60. The van der Waals surface area contributed by atoms with Gasteiger partial charge in [-0.2, -0.15) is 0 Å². The highest BCUT2D eigenvalue weighted by Gasteiger charge is 2.43. The molecule has 0 spiro atoms. The van der Waals surface area contributed by atoms with E-state index in [0.717, 1.165) is 24.8 Å². The summed E-state index contributed by atoms with van der Waals surface area (Å²) < 4.78 is 29.8. The number of carbonyl (C=O) groups is 1. The highest BCUT2D eigenvalue weighted by molar-refractivity contribution is 7.88. The number of rotatable bonds is 9. The Bertz CT molecular complexity index is 597. The number of ether oxygens (including phenoxy) is 1. The van der Waals surface area contributed by atoms with Gasteiger partial charge < -0.3 is 10.1 Å². The molecule has 1 aliphatic rings. The molecule has 1 saturated carbocycles. The summed E-state index contributed by atoms with van der Waals surface area (Å²) in [5.74, 6) is 0.680. The van der Waals surface area contributed by atoms with E-state index in [0.29, 0.717) is 13.2 Å². The molecule has 122 valence electrons. The van der Waals surface area contributed by atoms with Gasteiger partial charge in [-0.1, -0.05) is 18.2 Å². The Balaban J connectivity index is 1.66. The van der Waals surface area contributed by atoms with Crippen LogP contribution in [-0.4, -0.2) is 40.3 Å². The van der Waals surface area contributed by atoms with Crippen LogP contribution in [0.2, 0.25) is 0 Å². The van der Waals surface area contributed by atoms with Crippen molar-refractivity contribution in [1.29, 1.82) is 0 Å². The summed E-state index contributed by atoms with van der Waals surface area (Å²) in [7, 11) is -3.24. The van der Waals surface area contributed by atoms with Crippen molar-refractivity contribution >= 4 is 15.9 Å². The molecule has 1 aromatic rings. The lowest BCUT2D eigenvalue weighted by atomic mass is 10.1. The molecule has 0 saturated heterocycles. The van der Waals surface area contributed by atoms with Gasteiger partial charge in [0, 0.05) is 24.9 Å². The highest BCUT2D eigenvalue weighted by atomic mass is 32.2. The van der Waals surface area contributed by atoms with Gasteiger partial charge in [0.15, 0.2) is 0 Å². The van der Waals surface area contributed by atoms with Crippen LogP contribution in [0.15, 0.2) is 30.3 Å². The highest BCUT2D eigenvalue weighted by Crippen LogP contribution is 2.45. The molecule has 0 bridgehead atoms. The van der Waals surface area contributed by atoms with Gasteiger partial charge in [-0.3, -0.25) is 4.79 Å². The molecule has 1 amide bonds. The summed E-state index contributed by atoms with van der Waals surface area (Å²) in [4.78, 5) is 11.7. The SMILES string of the molecule is CS(=O)(=O)NCCC(=O)NCC1(COc2ccccc2)CC1. The summed E-state index contributed by atoms with van der Waals surface area (Å²) in [6.45, 7) is 1.27. The Labute approximate surface area is 131 Å². The van der Waals surface area contributed by atoms with E-state index in [-0.39, 0.29) is 24.3 Å². The third kappa shape index (κ3) is 6.03. The molecule has 6 nitrogen and oxygen atoms in total. The second-order valence-corrected chi connectivity index (χ2v) is 7.63. The molecule has 2 N–H and O–H groups in total. The number of nitrogens with one attached hydrogen (secondary N) is 2.